The van der Waals surface area contributed by atoms with Gasteiger partial charge in [0.1, 0.15) is 10.5 Å². The molecular formula is C18H15NO5S. The molecule has 7 heteroatoms. The summed E-state index contributed by atoms with van der Waals surface area (Å²) >= 11 is 0. The average molecular weight is 357 g/mol. The lowest BCUT2D eigenvalue weighted by atomic mass is 10.1. The summed E-state index contributed by atoms with van der Waals surface area (Å²) in [5.41, 5.74) is 0.294. The fourth-order valence-electron chi connectivity index (χ4n) is 2.63. The maximum Gasteiger partial charge on any atom is 0.339 e. The number of carboxylic acids is 1. The minimum atomic E-state index is -4.18. The van der Waals surface area contributed by atoms with Gasteiger partial charge >= 0.3 is 5.97 Å². The molecule has 0 fully saturated rings. The lowest BCUT2D eigenvalue weighted by Gasteiger charge is -2.13. The summed E-state index contributed by atoms with van der Waals surface area (Å²) in [4.78, 5) is 10.7. The maximum atomic E-state index is 12.7. The third-order valence-corrected chi connectivity index (χ3v) is 5.15. The number of hydrogen-bond acceptors (Lipinski definition) is 4. The number of carboxylic acid groups (broad SMARTS) is 1. The van der Waals surface area contributed by atoms with E-state index in [1.54, 1.807) is 31.2 Å². The molecule has 25 heavy (non-hydrogen) atoms. The number of phenols is 1. The Morgan fingerprint density at radius 1 is 1.04 bits per heavy atom. The Morgan fingerprint density at radius 2 is 1.72 bits per heavy atom. The molecule has 0 saturated heterocycles. The van der Waals surface area contributed by atoms with Crippen molar-refractivity contribution in [2.24, 2.45) is 0 Å². The summed E-state index contributed by atoms with van der Waals surface area (Å²) in [6, 6.07) is 14.8. The number of carbonyl (C=O) groups is 1. The molecule has 6 nitrogen and oxygen atoms in total. The number of rotatable bonds is 4. The largest absolute Gasteiger partial charge is 0.506 e. The summed E-state index contributed by atoms with van der Waals surface area (Å²) in [6.07, 6.45) is 0. The number of aromatic hydroxyl groups is 1. The summed E-state index contributed by atoms with van der Waals surface area (Å²) in [5.74, 6) is -2.19. The molecule has 0 saturated carbocycles. The van der Waals surface area contributed by atoms with Gasteiger partial charge in [0.2, 0.25) is 0 Å². The highest BCUT2D eigenvalue weighted by Crippen LogP contribution is 2.32. The lowest BCUT2D eigenvalue weighted by molar-refractivity contribution is 0.0693. The van der Waals surface area contributed by atoms with E-state index in [1.807, 2.05) is 18.2 Å². The van der Waals surface area contributed by atoms with Crippen molar-refractivity contribution in [2.75, 3.05) is 4.72 Å². The first-order chi connectivity index (χ1) is 11.8. The molecule has 0 aromatic heterocycles. The smallest absolute Gasteiger partial charge is 0.339 e. The van der Waals surface area contributed by atoms with E-state index in [2.05, 4.69) is 4.72 Å². The molecule has 0 aliphatic rings. The normalized spacial score (nSPS) is 11.4. The monoisotopic (exact) mass is 357 g/mol. The molecule has 3 rings (SSSR count). The molecule has 3 N–H and O–H groups in total. The average Bonchev–Trinajstić information content (AvgIpc) is 2.56. The van der Waals surface area contributed by atoms with E-state index < -0.39 is 32.2 Å². The van der Waals surface area contributed by atoms with E-state index in [1.165, 1.54) is 12.1 Å². The summed E-state index contributed by atoms with van der Waals surface area (Å²) in [6.45, 7) is 1.56. The zero-order chi connectivity index (χ0) is 18.2. The predicted octanol–water partition coefficient (Wildman–Crippen LogP) is 3.35. The highest BCUT2D eigenvalue weighted by molar-refractivity contribution is 7.92. The zero-order valence-corrected chi connectivity index (χ0v) is 14.0. The zero-order valence-electron chi connectivity index (χ0n) is 13.2. The Hall–Kier alpha value is -3.06. The second-order valence-electron chi connectivity index (χ2n) is 5.60. The number of aryl methyl sites for hydroxylation is 1. The molecule has 0 unspecified atom stereocenters. The van der Waals surface area contributed by atoms with Crippen LogP contribution in [0.3, 0.4) is 0 Å². The van der Waals surface area contributed by atoms with Gasteiger partial charge < -0.3 is 10.2 Å². The van der Waals surface area contributed by atoms with E-state index in [0.717, 1.165) is 5.39 Å². The molecule has 0 amide bonds. The number of benzene rings is 3. The highest BCUT2D eigenvalue weighted by atomic mass is 32.2. The van der Waals surface area contributed by atoms with E-state index in [0.29, 0.717) is 16.6 Å². The summed E-state index contributed by atoms with van der Waals surface area (Å²) < 4.78 is 27.9. The van der Waals surface area contributed by atoms with Gasteiger partial charge in [-0.2, -0.15) is 0 Å². The number of fused-ring (bicyclic) bond motifs is 1. The molecule has 0 bridgehead atoms. The molecule has 3 aromatic carbocycles. The van der Waals surface area contributed by atoms with Crippen molar-refractivity contribution >= 4 is 32.5 Å². The van der Waals surface area contributed by atoms with Crippen LogP contribution in [0.1, 0.15) is 15.9 Å². The van der Waals surface area contributed by atoms with Crippen LogP contribution in [0, 0.1) is 6.92 Å². The molecular weight excluding hydrogens is 342 g/mol. The van der Waals surface area contributed by atoms with Gasteiger partial charge in [0, 0.05) is 5.39 Å². The summed E-state index contributed by atoms with van der Waals surface area (Å²) in [5, 5.41) is 20.8. The van der Waals surface area contributed by atoms with Gasteiger partial charge in [-0.1, -0.05) is 36.4 Å². The van der Waals surface area contributed by atoms with E-state index in [4.69, 9.17) is 5.11 Å². The first-order valence-corrected chi connectivity index (χ1v) is 8.85. The Bertz CT molecular complexity index is 1080. The number of sulfonamides is 1. The standard InChI is InChI=1S/C18H15NO5S/c1-11-9-14(18(21)22)17(20)16(10-11)25(23,24)19-15-8-4-6-12-5-2-3-7-13(12)15/h2-10,19-20H,1H3,(H,21,22). The van der Waals surface area contributed by atoms with Crippen LogP contribution in [0.5, 0.6) is 5.75 Å². The molecule has 3 aromatic rings. The van der Waals surface area contributed by atoms with Crippen molar-refractivity contribution in [3.8, 4) is 5.75 Å². The van der Waals surface area contributed by atoms with Crippen LogP contribution < -0.4 is 4.72 Å². The molecule has 0 radical (unpaired) electrons. The second-order valence-corrected chi connectivity index (χ2v) is 7.25. The fraction of sp³-hybridized carbons (Fsp3) is 0.0556. The van der Waals surface area contributed by atoms with Crippen LogP contribution >= 0.6 is 0 Å². The van der Waals surface area contributed by atoms with Gasteiger partial charge in [-0.25, -0.2) is 13.2 Å². The van der Waals surface area contributed by atoms with Gasteiger partial charge in [-0.15, -0.1) is 0 Å². The second kappa shape index (κ2) is 6.10. The molecule has 0 aliphatic heterocycles. The van der Waals surface area contributed by atoms with E-state index in [9.17, 15) is 18.3 Å². The number of nitrogens with one attached hydrogen (secondary N) is 1. The predicted molar refractivity (Wildman–Crippen MR) is 94.6 cm³/mol. The SMILES string of the molecule is Cc1cc(C(=O)O)c(O)c(S(=O)(=O)Nc2cccc3ccccc23)c1. The quantitative estimate of drug-likeness (QED) is 0.664. The Kier molecular flexibility index (Phi) is 4.10. The van der Waals surface area contributed by atoms with Crippen LogP contribution in [0.25, 0.3) is 10.8 Å². The van der Waals surface area contributed by atoms with Gasteiger partial charge in [-0.3, -0.25) is 4.72 Å². The number of aromatic carboxylic acids is 1. The van der Waals surface area contributed by atoms with Crippen molar-refractivity contribution in [1.29, 1.82) is 0 Å². The Morgan fingerprint density at radius 3 is 2.44 bits per heavy atom. The number of hydrogen-bond donors (Lipinski definition) is 3. The van der Waals surface area contributed by atoms with Crippen LogP contribution in [0.2, 0.25) is 0 Å². The third-order valence-electron chi connectivity index (χ3n) is 3.77. The minimum Gasteiger partial charge on any atom is -0.506 e. The topological polar surface area (TPSA) is 104 Å². The number of anilines is 1. The minimum absolute atomic E-state index is 0.343. The van der Waals surface area contributed by atoms with Crippen molar-refractivity contribution in [3.63, 3.8) is 0 Å². The fourth-order valence-corrected chi connectivity index (χ4v) is 3.91. The van der Waals surface area contributed by atoms with Crippen molar-refractivity contribution < 1.29 is 23.4 Å². The lowest BCUT2D eigenvalue weighted by Crippen LogP contribution is -2.15. The van der Waals surface area contributed by atoms with Crippen LogP contribution in [0.4, 0.5) is 5.69 Å². The van der Waals surface area contributed by atoms with Gasteiger partial charge in [0.25, 0.3) is 10.0 Å². The molecule has 128 valence electrons. The first kappa shape index (κ1) is 16.8. The third kappa shape index (κ3) is 3.14. The molecule has 0 aliphatic carbocycles. The van der Waals surface area contributed by atoms with E-state index >= 15 is 0 Å². The Balaban J connectivity index is 2.13. The van der Waals surface area contributed by atoms with E-state index in [-0.39, 0.29) is 0 Å². The van der Waals surface area contributed by atoms with Crippen molar-refractivity contribution in [3.05, 3.63) is 65.7 Å². The van der Waals surface area contributed by atoms with Gasteiger partial charge in [0.05, 0.1) is 5.69 Å². The van der Waals surface area contributed by atoms with Crippen LogP contribution in [-0.2, 0) is 10.0 Å². The summed E-state index contributed by atoms with van der Waals surface area (Å²) in [7, 11) is -4.18. The Labute approximate surface area is 144 Å². The molecule has 0 atom stereocenters. The van der Waals surface area contributed by atoms with Crippen molar-refractivity contribution in [1.82, 2.24) is 0 Å². The van der Waals surface area contributed by atoms with Crippen LogP contribution in [0.15, 0.2) is 59.5 Å². The molecule has 0 spiro atoms. The first-order valence-electron chi connectivity index (χ1n) is 7.37. The molecule has 0 heterocycles. The maximum absolute atomic E-state index is 12.7. The van der Waals surface area contributed by atoms with Crippen LogP contribution in [-0.4, -0.2) is 24.6 Å². The van der Waals surface area contributed by atoms with Gasteiger partial charge in [-0.05, 0) is 36.1 Å². The van der Waals surface area contributed by atoms with Crippen molar-refractivity contribution in [2.45, 2.75) is 11.8 Å². The highest BCUT2D eigenvalue weighted by Gasteiger charge is 2.24. The van der Waals surface area contributed by atoms with Gasteiger partial charge in [0.15, 0.2) is 5.75 Å².